The van der Waals surface area contributed by atoms with E-state index >= 15 is 0 Å². The molecule has 0 heteroatoms. The van der Waals surface area contributed by atoms with E-state index in [0.717, 1.165) is 23.2 Å². The molecular weight excluding hydrogens is 120 g/mol. The largest absolute Gasteiger partial charge is 0.0622 e. The van der Waals surface area contributed by atoms with Crippen molar-refractivity contribution in [2.24, 2.45) is 23.2 Å². The van der Waals surface area contributed by atoms with Crippen LogP contribution in [0, 0.1) is 29.6 Å². The zero-order chi connectivity index (χ0) is 7.35. The van der Waals surface area contributed by atoms with Crippen LogP contribution < -0.4 is 0 Å². The van der Waals surface area contributed by atoms with Crippen LogP contribution in [0.5, 0.6) is 0 Å². The topological polar surface area (TPSA) is 0 Å². The maximum absolute atomic E-state index is 2.52. The van der Waals surface area contributed by atoms with Gasteiger partial charge in [-0.3, -0.25) is 0 Å². The van der Waals surface area contributed by atoms with Gasteiger partial charge in [0.25, 0.3) is 0 Å². The Morgan fingerprint density at radius 1 is 1.50 bits per heavy atom. The van der Waals surface area contributed by atoms with Crippen LogP contribution in [0.15, 0.2) is 0 Å². The molecule has 0 amide bonds. The predicted octanol–water partition coefficient (Wildman–Crippen LogP) is 2.89. The van der Waals surface area contributed by atoms with Crippen molar-refractivity contribution < 1.29 is 0 Å². The summed E-state index contributed by atoms with van der Waals surface area (Å²) in [4.78, 5) is 0. The molecule has 1 radical (unpaired) electrons. The zero-order valence-corrected chi connectivity index (χ0v) is 7.22. The molecule has 2 aliphatic carbocycles. The van der Waals surface area contributed by atoms with E-state index in [4.69, 9.17) is 0 Å². The average Bonchev–Trinajstić information content (AvgIpc) is 2.52. The first kappa shape index (κ1) is 6.69. The average molecular weight is 137 g/mol. The molecule has 0 nitrogen and oxygen atoms in total. The predicted molar refractivity (Wildman–Crippen MR) is 43.5 cm³/mol. The summed E-state index contributed by atoms with van der Waals surface area (Å²) in [6.07, 6.45) is 5.44. The van der Waals surface area contributed by atoms with E-state index in [9.17, 15) is 0 Å². The summed E-state index contributed by atoms with van der Waals surface area (Å²) in [5, 5.41) is 0. The number of fused-ring (bicyclic) bond motifs is 1. The molecular formula is C10H17. The van der Waals surface area contributed by atoms with Gasteiger partial charge < -0.3 is 0 Å². The Labute approximate surface area is 64.0 Å². The van der Waals surface area contributed by atoms with Crippen molar-refractivity contribution in [2.45, 2.75) is 33.6 Å². The number of hydrogen-bond donors (Lipinski definition) is 0. The van der Waals surface area contributed by atoms with Crippen LogP contribution in [0.25, 0.3) is 0 Å². The van der Waals surface area contributed by atoms with Gasteiger partial charge in [-0.05, 0) is 42.4 Å². The van der Waals surface area contributed by atoms with Crippen molar-refractivity contribution in [3.8, 4) is 0 Å². The van der Waals surface area contributed by atoms with Crippen LogP contribution in [0.2, 0.25) is 0 Å². The van der Waals surface area contributed by atoms with Crippen molar-refractivity contribution in [2.75, 3.05) is 0 Å². The minimum Gasteiger partial charge on any atom is -0.0622 e. The van der Waals surface area contributed by atoms with E-state index in [2.05, 4.69) is 27.2 Å². The smallest absolute Gasteiger partial charge is 0.0238 e. The van der Waals surface area contributed by atoms with Gasteiger partial charge in [0.05, 0.1) is 0 Å². The second kappa shape index (κ2) is 1.78. The summed E-state index contributed by atoms with van der Waals surface area (Å²) in [6, 6.07) is 0. The normalized spacial score (nSPS) is 51.6. The molecule has 0 unspecified atom stereocenters. The fourth-order valence-corrected chi connectivity index (χ4v) is 2.76. The Morgan fingerprint density at radius 3 is 2.40 bits per heavy atom. The Kier molecular flexibility index (Phi) is 1.19. The first-order valence-corrected chi connectivity index (χ1v) is 4.50. The lowest BCUT2D eigenvalue weighted by Gasteiger charge is -2.15. The van der Waals surface area contributed by atoms with Crippen molar-refractivity contribution >= 4 is 0 Å². The van der Waals surface area contributed by atoms with Gasteiger partial charge in [-0.2, -0.15) is 0 Å². The van der Waals surface area contributed by atoms with Gasteiger partial charge >= 0.3 is 0 Å². The van der Waals surface area contributed by atoms with Crippen molar-refractivity contribution in [1.82, 2.24) is 0 Å². The van der Waals surface area contributed by atoms with Crippen LogP contribution in [0.4, 0.5) is 0 Å². The molecule has 0 spiro atoms. The minimum absolute atomic E-state index is 0.777. The molecule has 0 aromatic heterocycles. The molecule has 3 atom stereocenters. The summed E-state index contributed by atoms with van der Waals surface area (Å²) < 4.78 is 0. The maximum atomic E-state index is 2.52. The fourth-order valence-electron chi connectivity index (χ4n) is 2.76. The van der Waals surface area contributed by atoms with Gasteiger partial charge in [-0.25, -0.2) is 0 Å². The molecule has 10 heavy (non-hydrogen) atoms. The third-order valence-corrected chi connectivity index (χ3v) is 3.83. The molecule has 2 fully saturated rings. The highest BCUT2D eigenvalue weighted by Crippen LogP contribution is 2.69. The third-order valence-electron chi connectivity index (χ3n) is 3.83. The van der Waals surface area contributed by atoms with E-state index in [1.807, 2.05) is 0 Å². The minimum atomic E-state index is 0.777. The monoisotopic (exact) mass is 137 g/mol. The molecule has 0 aromatic rings. The number of rotatable bonds is 1. The molecule has 0 bridgehead atoms. The first-order chi connectivity index (χ1) is 4.67. The second-order valence-electron chi connectivity index (χ2n) is 4.50. The van der Waals surface area contributed by atoms with Crippen LogP contribution in [-0.2, 0) is 0 Å². The zero-order valence-electron chi connectivity index (χ0n) is 7.22. The van der Waals surface area contributed by atoms with Crippen molar-refractivity contribution in [3.05, 3.63) is 6.42 Å². The van der Waals surface area contributed by atoms with Gasteiger partial charge in [-0.1, -0.05) is 20.8 Å². The van der Waals surface area contributed by atoms with E-state index in [0.29, 0.717) is 0 Å². The quantitative estimate of drug-likeness (QED) is 0.521. The van der Waals surface area contributed by atoms with Gasteiger partial charge in [0, 0.05) is 0 Å². The summed E-state index contributed by atoms with van der Waals surface area (Å²) in [5.41, 5.74) is 0.777. The standard InChI is InChI=1S/C10H17/c1-7(2)10-5-4-8(3)9(10)6-10/h4,7-9H,5-6H2,1-3H3/t8-,9+,10-/m0/s1. The van der Waals surface area contributed by atoms with Crippen LogP contribution in [0.3, 0.4) is 0 Å². The lowest BCUT2D eigenvalue weighted by Crippen LogP contribution is -2.07. The molecule has 2 rings (SSSR count). The molecule has 0 N–H and O–H groups in total. The van der Waals surface area contributed by atoms with E-state index in [-0.39, 0.29) is 0 Å². The Morgan fingerprint density at radius 2 is 2.20 bits per heavy atom. The fraction of sp³-hybridized carbons (Fsp3) is 0.900. The van der Waals surface area contributed by atoms with Gasteiger partial charge in [0.1, 0.15) is 0 Å². The molecule has 0 saturated heterocycles. The van der Waals surface area contributed by atoms with Gasteiger partial charge in [-0.15, -0.1) is 0 Å². The summed E-state index contributed by atoms with van der Waals surface area (Å²) in [5.74, 6) is 2.90. The van der Waals surface area contributed by atoms with Crippen LogP contribution >= 0.6 is 0 Å². The highest BCUT2D eigenvalue weighted by Gasteiger charge is 2.61. The molecule has 0 heterocycles. The van der Waals surface area contributed by atoms with Gasteiger partial charge in [0.15, 0.2) is 0 Å². The third kappa shape index (κ3) is 0.627. The molecule has 2 aliphatic rings. The Balaban J connectivity index is 2.11. The van der Waals surface area contributed by atoms with Crippen LogP contribution in [-0.4, -0.2) is 0 Å². The summed E-state index contributed by atoms with van der Waals surface area (Å²) in [6.45, 7) is 7.14. The summed E-state index contributed by atoms with van der Waals surface area (Å²) in [7, 11) is 0. The SMILES string of the molecule is CC(C)[C@@]12C[CH][C@H](C)[C@H]1C2. The Hall–Kier alpha value is 0. The lowest BCUT2D eigenvalue weighted by molar-refractivity contribution is 0.347. The first-order valence-electron chi connectivity index (χ1n) is 4.50. The maximum Gasteiger partial charge on any atom is -0.0238 e. The summed E-state index contributed by atoms with van der Waals surface area (Å²) >= 11 is 0. The van der Waals surface area contributed by atoms with Gasteiger partial charge in [0.2, 0.25) is 0 Å². The van der Waals surface area contributed by atoms with Crippen molar-refractivity contribution in [3.63, 3.8) is 0 Å². The highest BCUT2D eigenvalue weighted by atomic mass is 14.7. The molecule has 2 saturated carbocycles. The van der Waals surface area contributed by atoms with E-state index in [1.54, 1.807) is 0 Å². The van der Waals surface area contributed by atoms with Crippen molar-refractivity contribution in [1.29, 1.82) is 0 Å². The molecule has 0 aromatic carbocycles. The van der Waals surface area contributed by atoms with E-state index in [1.165, 1.54) is 12.8 Å². The second-order valence-corrected chi connectivity index (χ2v) is 4.50. The highest BCUT2D eigenvalue weighted by molar-refractivity contribution is 5.16. The molecule has 57 valence electrons. The number of hydrogen-bond acceptors (Lipinski definition) is 0. The Bertz CT molecular complexity index is 148. The van der Waals surface area contributed by atoms with Crippen LogP contribution in [0.1, 0.15) is 33.6 Å². The van der Waals surface area contributed by atoms with E-state index < -0.39 is 0 Å². The molecule has 0 aliphatic heterocycles. The lowest BCUT2D eigenvalue weighted by atomic mass is 9.90.